The Morgan fingerprint density at radius 1 is 1.43 bits per heavy atom. The first-order chi connectivity index (χ1) is 9.91. The van der Waals surface area contributed by atoms with Gasteiger partial charge in [-0.15, -0.1) is 11.8 Å². The number of aromatic nitrogens is 1. The lowest BCUT2D eigenvalue weighted by Gasteiger charge is -2.31. The molecule has 0 aromatic carbocycles. The number of carbonyl (C=O) groups excluding carboxylic acids is 1. The van der Waals surface area contributed by atoms with Gasteiger partial charge in [0.05, 0.1) is 11.5 Å². The summed E-state index contributed by atoms with van der Waals surface area (Å²) in [5.74, 6) is -1.66. The minimum atomic E-state index is -4.18. The lowest BCUT2D eigenvalue weighted by Crippen LogP contribution is -2.41. The zero-order valence-electron chi connectivity index (χ0n) is 11.6. The summed E-state index contributed by atoms with van der Waals surface area (Å²) >= 11 is 1.34. The van der Waals surface area contributed by atoms with E-state index in [9.17, 15) is 18.0 Å². The van der Waals surface area contributed by atoms with Gasteiger partial charge in [-0.1, -0.05) is 6.42 Å². The number of halogens is 3. The quantitative estimate of drug-likeness (QED) is 0.865. The fourth-order valence-electron chi connectivity index (χ4n) is 2.61. The lowest BCUT2D eigenvalue weighted by molar-refractivity contribution is -0.183. The summed E-state index contributed by atoms with van der Waals surface area (Å²) in [6.45, 7) is 0. The van der Waals surface area contributed by atoms with Crippen molar-refractivity contribution in [1.29, 1.82) is 0 Å². The van der Waals surface area contributed by atoms with Crippen LogP contribution in [-0.4, -0.2) is 29.4 Å². The molecule has 1 aromatic rings. The van der Waals surface area contributed by atoms with E-state index in [0.717, 1.165) is 0 Å². The second-order valence-corrected chi connectivity index (χ2v) is 5.93. The molecule has 1 aliphatic carbocycles. The third-order valence-corrected chi connectivity index (χ3v) is 4.39. The van der Waals surface area contributed by atoms with Crippen LogP contribution in [0.1, 0.15) is 36.0 Å². The summed E-state index contributed by atoms with van der Waals surface area (Å²) < 4.78 is 38.3. The van der Waals surface area contributed by atoms with Crippen molar-refractivity contribution in [3.8, 4) is 0 Å². The molecule has 0 bridgehead atoms. The Morgan fingerprint density at radius 3 is 2.86 bits per heavy atom. The van der Waals surface area contributed by atoms with E-state index in [4.69, 9.17) is 0 Å². The topological polar surface area (TPSA) is 42.0 Å². The maximum absolute atomic E-state index is 12.8. The van der Waals surface area contributed by atoms with Crippen molar-refractivity contribution in [1.82, 2.24) is 10.3 Å². The molecule has 7 heteroatoms. The van der Waals surface area contributed by atoms with Crippen molar-refractivity contribution in [2.45, 2.75) is 42.9 Å². The van der Waals surface area contributed by atoms with Crippen LogP contribution in [0.2, 0.25) is 0 Å². The molecule has 1 N–H and O–H groups in total. The lowest BCUT2D eigenvalue weighted by atomic mass is 9.85. The molecular weight excluding hydrogens is 301 g/mol. The molecule has 2 atom stereocenters. The number of nitrogens with one attached hydrogen (secondary N) is 1. The summed E-state index contributed by atoms with van der Waals surface area (Å²) in [5.41, 5.74) is 0.416. The first-order valence-electron chi connectivity index (χ1n) is 6.78. The van der Waals surface area contributed by atoms with E-state index in [0.29, 0.717) is 23.4 Å². The zero-order valence-corrected chi connectivity index (χ0v) is 12.4. The van der Waals surface area contributed by atoms with Gasteiger partial charge in [0.2, 0.25) is 0 Å². The van der Waals surface area contributed by atoms with Crippen LogP contribution in [0.5, 0.6) is 0 Å². The third kappa shape index (κ3) is 4.12. The smallest absolute Gasteiger partial charge is 0.349 e. The summed E-state index contributed by atoms with van der Waals surface area (Å²) in [6.07, 6.45) is 0.401. The van der Waals surface area contributed by atoms with E-state index >= 15 is 0 Å². The van der Waals surface area contributed by atoms with Gasteiger partial charge in [0, 0.05) is 12.2 Å². The Bertz CT molecular complexity index is 507. The molecule has 2 rings (SSSR count). The first-order valence-corrected chi connectivity index (χ1v) is 8.01. The van der Waals surface area contributed by atoms with Crippen molar-refractivity contribution in [3.63, 3.8) is 0 Å². The second kappa shape index (κ2) is 6.68. The predicted octanol–water partition coefficient (Wildman–Crippen LogP) is 3.65. The Kier molecular flexibility index (Phi) is 5.13. The van der Waals surface area contributed by atoms with E-state index in [1.807, 2.05) is 0 Å². The number of nitrogens with zero attached hydrogens (tertiary/aromatic N) is 1. The van der Waals surface area contributed by atoms with Crippen LogP contribution >= 0.6 is 11.8 Å². The Labute approximate surface area is 125 Å². The van der Waals surface area contributed by atoms with Crippen molar-refractivity contribution >= 4 is 17.7 Å². The van der Waals surface area contributed by atoms with Crippen LogP contribution in [-0.2, 0) is 0 Å². The van der Waals surface area contributed by atoms with E-state index in [1.54, 1.807) is 24.6 Å². The number of hydrogen-bond donors (Lipinski definition) is 1. The van der Waals surface area contributed by atoms with Gasteiger partial charge in [-0.3, -0.25) is 4.79 Å². The Balaban J connectivity index is 2.02. The molecule has 0 unspecified atom stereocenters. The van der Waals surface area contributed by atoms with Crippen molar-refractivity contribution < 1.29 is 18.0 Å². The van der Waals surface area contributed by atoms with Crippen LogP contribution in [0.15, 0.2) is 23.4 Å². The van der Waals surface area contributed by atoms with Gasteiger partial charge < -0.3 is 5.32 Å². The number of pyridine rings is 1. The standard InChI is InChI=1S/C14H17F3N2OS/c1-21-13-11(6-3-7-18-13)12(20)19-10-5-2-4-9(8-10)14(15,16)17/h3,6-7,9-10H,2,4-5,8H2,1H3,(H,19,20)/t9-,10+/m0/s1. The van der Waals surface area contributed by atoms with E-state index < -0.39 is 18.1 Å². The van der Waals surface area contributed by atoms with Gasteiger partial charge in [0.1, 0.15) is 5.03 Å². The van der Waals surface area contributed by atoms with Gasteiger partial charge in [0.15, 0.2) is 0 Å². The maximum atomic E-state index is 12.8. The maximum Gasteiger partial charge on any atom is 0.391 e. The van der Waals surface area contributed by atoms with Gasteiger partial charge >= 0.3 is 6.18 Å². The minimum Gasteiger partial charge on any atom is -0.349 e. The molecule has 1 aliphatic rings. The average molecular weight is 318 g/mol. The highest BCUT2D eigenvalue weighted by Crippen LogP contribution is 2.37. The molecule has 1 aromatic heterocycles. The van der Waals surface area contributed by atoms with Crippen LogP contribution in [0.4, 0.5) is 13.2 Å². The molecule has 0 saturated heterocycles. The molecule has 3 nitrogen and oxygen atoms in total. The number of thioether (sulfide) groups is 1. The van der Waals surface area contributed by atoms with Crippen LogP contribution in [0.25, 0.3) is 0 Å². The van der Waals surface area contributed by atoms with Crippen molar-refractivity contribution in [2.24, 2.45) is 5.92 Å². The fourth-order valence-corrected chi connectivity index (χ4v) is 3.15. The number of rotatable bonds is 3. The molecule has 0 spiro atoms. The van der Waals surface area contributed by atoms with Crippen LogP contribution in [0, 0.1) is 5.92 Å². The molecular formula is C14H17F3N2OS. The normalized spacial score (nSPS) is 22.9. The van der Waals surface area contributed by atoms with E-state index in [1.165, 1.54) is 11.8 Å². The average Bonchev–Trinajstić information content (AvgIpc) is 2.46. The second-order valence-electron chi connectivity index (χ2n) is 5.14. The van der Waals surface area contributed by atoms with Gasteiger partial charge in [-0.25, -0.2) is 4.98 Å². The first kappa shape index (κ1) is 16.1. The highest BCUT2D eigenvalue weighted by atomic mass is 32.2. The summed E-state index contributed by atoms with van der Waals surface area (Å²) in [6, 6.07) is 2.86. The Morgan fingerprint density at radius 2 is 2.19 bits per heavy atom. The summed E-state index contributed by atoms with van der Waals surface area (Å²) in [4.78, 5) is 16.3. The summed E-state index contributed by atoms with van der Waals surface area (Å²) in [5, 5.41) is 3.30. The molecule has 0 radical (unpaired) electrons. The number of alkyl halides is 3. The molecule has 1 fully saturated rings. The molecule has 21 heavy (non-hydrogen) atoms. The third-order valence-electron chi connectivity index (χ3n) is 3.68. The molecule has 1 amide bonds. The molecule has 1 saturated carbocycles. The Hall–Kier alpha value is -1.24. The zero-order chi connectivity index (χ0) is 15.5. The fraction of sp³-hybridized carbons (Fsp3) is 0.571. The van der Waals surface area contributed by atoms with Crippen LogP contribution in [0.3, 0.4) is 0 Å². The largest absolute Gasteiger partial charge is 0.391 e. The van der Waals surface area contributed by atoms with Crippen LogP contribution < -0.4 is 5.32 Å². The highest BCUT2D eigenvalue weighted by Gasteiger charge is 2.42. The minimum absolute atomic E-state index is 0.0376. The predicted molar refractivity (Wildman–Crippen MR) is 75.3 cm³/mol. The molecule has 0 aliphatic heterocycles. The van der Waals surface area contributed by atoms with Gasteiger partial charge in [-0.2, -0.15) is 13.2 Å². The van der Waals surface area contributed by atoms with Crippen molar-refractivity contribution in [2.75, 3.05) is 6.26 Å². The van der Waals surface area contributed by atoms with Gasteiger partial charge in [-0.05, 0) is 37.7 Å². The number of amides is 1. The molecule has 116 valence electrons. The monoisotopic (exact) mass is 318 g/mol. The van der Waals surface area contributed by atoms with E-state index in [-0.39, 0.29) is 18.7 Å². The van der Waals surface area contributed by atoms with Gasteiger partial charge in [0.25, 0.3) is 5.91 Å². The molecule has 1 heterocycles. The summed E-state index contributed by atoms with van der Waals surface area (Å²) in [7, 11) is 0. The number of hydrogen-bond acceptors (Lipinski definition) is 3. The van der Waals surface area contributed by atoms with Crippen molar-refractivity contribution in [3.05, 3.63) is 23.9 Å². The number of carbonyl (C=O) groups is 1. The SMILES string of the molecule is CSc1ncccc1C(=O)N[C@@H]1CCC[C@H](C(F)(F)F)C1. The van der Waals surface area contributed by atoms with E-state index in [2.05, 4.69) is 10.3 Å². The highest BCUT2D eigenvalue weighted by molar-refractivity contribution is 7.98.